The average Bonchev–Trinajstić information content (AvgIpc) is 3.25. The van der Waals surface area contributed by atoms with Crippen molar-refractivity contribution in [3.05, 3.63) is 194 Å². The van der Waals surface area contributed by atoms with E-state index in [1.165, 1.54) is 70.7 Å². The normalized spacial score (nSPS) is 11.7. The highest BCUT2D eigenvalue weighted by atomic mass is 14.7. The molecule has 0 amide bonds. The van der Waals surface area contributed by atoms with Crippen molar-refractivity contribution in [1.82, 2.24) is 9.97 Å². The molecule has 54 heavy (non-hydrogen) atoms. The summed E-state index contributed by atoms with van der Waals surface area (Å²) in [6, 6.07) is 66.2. The summed E-state index contributed by atoms with van der Waals surface area (Å²) in [6.07, 6.45) is 3.74. The molecule has 0 N–H and O–H groups in total. The second kappa shape index (κ2) is 12.2. The van der Waals surface area contributed by atoms with Gasteiger partial charge in [-0.15, -0.1) is 0 Å². The monoisotopic (exact) mass is 684 g/mol. The van der Waals surface area contributed by atoms with Crippen molar-refractivity contribution in [1.29, 1.82) is 0 Å². The lowest BCUT2D eigenvalue weighted by Gasteiger charge is -2.18. The van der Waals surface area contributed by atoms with E-state index in [-0.39, 0.29) is 0 Å². The third-order valence-corrected chi connectivity index (χ3v) is 11.1. The Morgan fingerprint density at radius 1 is 0.296 bits per heavy atom. The summed E-state index contributed by atoms with van der Waals surface area (Å²) in [7, 11) is 0. The molecule has 2 aromatic heterocycles. The van der Waals surface area contributed by atoms with Crippen LogP contribution in [0.5, 0.6) is 0 Å². The van der Waals surface area contributed by atoms with Crippen molar-refractivity contribution in [2.75, 3.05) is 0 Å². The molecule has 9 aromatic carbocycles. The molecule has 11 rings (SSSR count). The van der Waals surface area contributed by atoms with Gasteiger partial charge in [0.25, 0.3) is 0 Å². The average molecular weight is 685 g/mol. The Kier molecular flexibility index (Phi) is 6.90. The summed E-state index contributed by atoms with van der Waals surface area (Å²) in [5.74, 6) is 0. The molecule has 0 fully saturated rings. The zero-order chi connectivity index (χ0) is 35.6. The Balaban J connectivity index is 1.26. The van der Waals surface area contributed by atoms with Crippen LogP contribution in [0.2, 0.25) is 0 Å². The molecule has 11 aromatic rings. The molecule has 0 saturated heterocycles. The van der Waals surface area contributed by atoms with Crippen molar-refractivity contribution in [2.24, 2.45) is 0 Å². The van der Waals surface area contributed by atoms with Crippen LogP contribution >= 0.6 is 0 Å². The first-order chi connectivity index (χ1) is 26.8. The Labute approximate surface area is 312 Å². The van der Waals surface area contributed by atoms with Gasteiger partial charge in [0.15, 0.2) is 0 Å². The van der Waals surface area contributed by atoms with Crippen LogP contribution in [0, 0.1) is 0 Å². The van der Waals surface area contributed by atoms with Crippen molar-refractivity contribution in [2.45, 2.75) is 0 Å². The first kappa shape index (κ1) is 30.5. The molecule has 0 radical (unpaired) electrons. The molecule has 0 aliphatic carbocycles. The lowest BCUT2D eigenvalue weighted by Crippen LogP contribution is -1.95. The van der Waals surface area contributed by atoms with Crippen molar-refractivity contribution in [3.63, 3.8) is 0 Å². The largest absolute Gasteiger partial charge is 0.264 e. The SMILES string of the molecule is c1cncc(-c2ccc(-c3cc4c(-c5cc6ccccc6c6ccccc56)cc(-c5cc6ccccc6c6ccccc56)nc4c4ccccc34)cc2)c1. The number of pyridine rings is 2. The maximum Gasteiger partial charge on any atom is 0.0794 e. The van der Waals surface area contributed by atoms with Crippen molar-refractivity contribution >= 4 is 64.8 Å². The number of fused-ring (bicyclic) bond motifs is 9. The van der Waals surface area contributed by atoms with Gasteiger partial charge in [0.1, 0.15) is 0 Å². The van der Waals surface area contributed by atoms with Crippen LogP contribution in [0.3, 0.4) is 0 Å². The summed E-state index contributed by atoms with van der Waals surface area (Å²) >= 11 is 0. The van der Waals surface area contributed by atoms with E-state index >= 15 is 0 Å². The van der Waals surface area contributed by atoms with E-state index < -0.39 is 0 Å². The highest BCUT2D eigenvalue weighted by molar-refractivity contribution is 6.21. The van der Waals surface area contributed by atoms with Gasteiger partial charge in [0, 0.05) is 28.7 Å². The Morgan fingerprint density at radius 2 is 0.796 bits per heavy atom. The van der Waals surface area contributed by atoms with E-state index in [0.717, 1.165) is 38.7 Å². The molecular weight excluding hydrogens is 653 g/mol. The van der Waals surface area contributed by atoms with Crippen LogP contribution in [0.1, 0.15) is 0 Å². The molecule has 0 spiro atoms. The van der Waals surface area contributed by atoms with Crippen LogP contribution in [0.25, 0.3) is 109 Å². The van der Waals surface area contributed by atoms with Crippen LogP contribution in [0.15, 0.2) is 194 Å². The van der Waals surface area contributed by atoms with E-state index in [4.69, 9.17) is 4.98 Å². The molecule has 250 valence electrons. The summed E-state index contributed by atoms with van der Waals surface area (Å²) < 4.78 is 0. The minimum absolute atomic E-state index is 0.968. The lowest BCUT2D eigenvalue weighted by molar-refractivity contribution is 1.33. The van der Waals surface area contributed by atoms with E-state index in [2.05, 4.69) is 181 Å². The molecule has 0 saturated carbocycles. The predicted octanol–water partition coefficient (Wildman–Crippen LogP) is 14.1. The van der Waals surface area contributed by atoms with Crippen molar-refractivity contribution < 1.29 is 0 Å². The number of hydrogen-bond donors (Lipinski definition) is 0. The lowest BCUT2D eigenvalue weighted by atomic mass is 9.87. The Hall–Kier alpha value is -7.16. The van der Waals surface area contributed by atoms with Crippen LogP contribution in [-0.2, 0) is 0 Å². The Bertz CT molecular complexity index is 3250. The number of aromatic nitrogens is 2. The zero-order valence-electron chi connectivity index (χ0n) is 29.4. The van der Waals surface area contributed by atoms with E-state index in [1.54, 1.807) is 0 Å². The zero-order valence-corrected chi connectivity index (χ0v) is 29.4. The van der Waals surface area contributed by atoms with Gasteiger partial charge in [-0.05, 0) is 112 Å². The fraction of sp³-hybridized carbons (Fsp3) is 0. The van der Waals surface area contributed by atoms with E-state index in [1.807, 2.05) is 18.5 Å². The number of hydrogen-bond acceptors (Lipinski definition) is 2. The third-order valence-electron chi connectivity index (χ3n) is 11.1. The number of nitrogens with zero attached hydrogens (tertiary/aromatic N) is 2. The van der Waals surface area contributed by atoms with Gasteiger partial charge >= 0.3 is 0 Å². The summed E-state index contributed by atoms with van der Waals surface area (Å²) in [5, 5.41) is 13.3. The summed E-state index contributed by atoms with van der Waals surface area (Å²) in [4.78, 5) is 9.99. The maximum atomic E-state index is 5.64. The topological polar surface area (TPSA) is 25.8 Å². The van der Waals surface area contributed by atoms with Crippen LogP contribution in [0.4, 0.5) is 0 Å². The highest BCUT2D eigenvalue weighted by Crippen LogP contribution is 2.45. The van der Waals surface area contributed by atoms with Crippen LogP contribution in [-0.4, -0.2) is 9.97 Å². The van der Waals surface area contributed by atoms with Gasteiger partial charge in [-0.25, -0.2) is 4.98 Å². The molecule has 2 heterocycles. The number of rotatable bonds is 4. The van der Waals surface area contributed by atoms with Gasteiger partial charge in [0.05, 0.1) is 11.2 Å². The van der Waals surface area contributed by atoms with Crippen LogP contribution < -0.4 is 0 Å². The smallest absolute Gasteiger partial charge is 0.0794 e. The second-order valence-electron chi connectivity index (χ2n) is 14.1. The molecular formula is C52H32N2. The van der Waals surface area contributed by atoms with E-state index in [0.29, 0.717) is 0 Å². The predicted molar refractivity (Wildman–Crippen MR) is 229 cm³/mol. The standard InChI is InChI=1S/C52H32N2/c1-3-15-38-35(12-1)28-47(42-19-7-5-17-40(38)42)48-31-51(49-29-36-13-2-4-16-39(36)41-18-6-8-20-43(41)49)54-52-45-22-10-9-21-44(45)46(30-50(48)52)34-25-23-33(24-26-34)37-14-11-27-53-32-37/h1-32H. The molecule has 2 heteroatoms. The highest BCUT2D eigenvalue weighted by Gasteiger charge is 2.19. The summed E-state index contributed by atoms with van der Waals surface area (Å²) in [5.41, 5.74) is 10.1. The molecule has 0 aliphatic rings. The first-order valence-electron chi connectivity index (χ1n) is 18.5. The molecule has 0 aliphatic heterocycles. The molecule has 0 unspecified atom stereocenters. The maximum absolute atomic E-state index is 5.64. The van der Waals surface area contributed by atoms with E-state index in [9.17, 15) is 0 Å². The van der Waals surface area contributed by atoms with Gasteiger partial charge in [-0.2, -0.15) is 0 Å². The quantitative estimate of drug-likeness (QED) is 0.172. The molecule has 0 atom stereocenters. The second-order valence-corrected chi connectivity index (χ2v) is 14.1. The molecule has 0 bridgehead atoms. The number of benzene rings is 9. The fourth-order valence-electron chi connectivity index (χ4n) is 8.57. The van der Waals surface area contributed by atoms with Crippen molar-refractivity contribution in [3.8, 4) is 44.6 Å². The van der Waals surface area contributed by atoms with Gasteiger partial charge in [-0.1, -0.05) is 152 Å². The van der Waals surface area contributed by atoms with Gasteiger partial charge < -0.3 is 0 Å². The van der Waals surface area contributed by atoms with Gasteiger partial charge in [0.2, 0.25) is 0 Å². The third kappa shape index (κ3) is 4.81. The molecule has 2 nitrogen and oxygen atoms in total. The Morgan fingerprint density at radius 3 is 1.43 bits per heavy atom. The minimum Gasteiger partial charge on any atom is -0.264 e. The minimum atomic E-state index is 0.968. The first-order valence-corrected chi connectivity index (χ1v) is 18.5. The van der Waals surface area contributed by atoms with Gasteiger partial charge in [-0.3, -0.25) is 4.98 Å². The fourth-order valence-corrected chi connectivity index (χ4v) is 8.57. The summed E-state index contributed by atoms with van der Waals surface area (Å²) in [6.45, 7) is 0.